The third-order valence-corrected chi connectivity index (χ3v) is 3.66. The van der Waals surface area contributed by atoms with Crippen LogP contribution in [0, 0.1) is 5.92 Å². The van der Waals surface area contributed by atoms with Crippen LogP contribution in [0.2, 0.25) is 0 Å². The maximum Gasteiger partial charge on any atom is 0.0122 e. The molecule has 0 aromatic heterocycles. The molecule has 0 aromatic carbocycles. The lowest BCUT2D eigenvalue weighted by Gasteiger charge is -2.42. The van der Waals surface area contributed by atoms with Gasteiger partial charge in [0.15, 0.2) is 0 Å². The van der Waals surface area contributed by atoms with Crippen LogP contribution in [0.25, 0.3) is 0 Å². The number of nitrogens with one attached hydrogen (secondary N) is 2. The molecule has 2 N–H and O–H groups in total. The standard InChI is InChI=1S/C11H22N2/c1-2-12-11-7-8-13-10-6-4-3-5-9(10)11/h9-13H,2-8H2,1H3. The third kappa shape index (κ3) is 2.05. The van der Waals surface area contributed by atoms with Gasteiger partial charge in [0, 0.05) is 12.1 Å². The van der Waals surface area contributed by atoms with Crippen molar-refractivity contribution < 1.29 is 0 Å². The molecule has 1 aliphatic heterocycles. The minimum Gasteiger partial charge on any atom is -0.314 e. The van der Waals surface area contributed by atoms with Crippen LogP contribution in [0.4, 0.5) is 0 Å². The van der Waals surface area contributed by atoms with Crippen LogP contribution in [-0.2, 0) is 0 Å². The van der Waals surface area contributed by atoms with E-state index in [1.807, 2.05) is 0 Å². The summed E-state index contributed by atoms with van der Waals surface area (Å²) in [6.45, 7) is 4.58. The quantitative estimate of drug-likeness (QED) is 0.676. The molecular weight excluding hydrogens is 160 g/mol. The molecule has 1 aliphatic carbocycles. The molecule has 3 unspecified atom stereocenters. The largest absolute Gasteiger partial charge is 0.314 e. The Balaban J connectivity index is 1.94. The molecule has 2 heteroatoms. The van der Waals surface area contributed by atoms with Crippen LogP contribution >= 0.6 is 0 Å². The molecule has 1 heterocycles. The smallest absolute Gasteiger partial charge is 0.0122 e. The summed E-state index contributed by atoms with van der Waals surface area (Å²) >= 11 is 0. The Morgan fingerprint density at radius 3 is 2.92 bits per heavy atom. The highest BCUT2D eigenvalue weighted by atomic mass is 15.0. The van der Waals surface area contributed by atoms with E-state index in [0.29, 0.717) is 0 Å². The van der Waals surface area contributed by atoms with Crippen molar-refractivity contribution in [1.29, 1.82) is 0 Å². The molecule has 13 heavy (non-hydrogen) atoms. The molecule has 2 aliphatic rings. The Kier molecular flexibility index (Phi) is 3.23. The van der Waals surface area contributed by atoms with E-state index in [1.54, 1.807) is 0 Å². The van der Waals surface area contributed by atoms with Crippen LogP contribution in [0.1, 0.15) is 39.0 Å². The Bertz CT molecular complexity index is 154. The molecule has 0 radical (unpaired) electrons. The summed E-state index contributed by atoms with van der Waals surface area (Å²) in [5.74, 6) is 0.919. The predicted octanol–water partition coefficient (Wildman–Crippen LogP) is 1.52. The van der Waals surface area contributed by atoms with Gasteiger partial charge in [0.05, 0.1) is 0 Å². The molecule has 0 spiro atoms. The molecule has 1 saturated carbocycles. The Labute approximate surface area is 81.5 Å². The summed E-state index contributed by atoms with van der Waals surface area (Å²) in [6.07, 6.45) is 7.06. The highest BCUT2D eigenvalue weighted by molar-refractivity contribution is 4.92. The second-order valence-electron chi connectivity index (χ2n) is 4.46. The average Bonchev–Trinajstić information content (AvgIpc) is 2.19. The first kappa shape index (κ1) is 9.47. The van der Waals surface area contributed by atoms with Gasteiger partial charge in [-0.1, -0.05) is 19.8 Å². The van der Waals surface area contributed by atoms with E-state index >= 15 is 0 Å². The molecule has 0 aromatic rings. The number of fused-ring (bicyclic) bond motifs is 1. The van der Waals surface area contributed by atoms with Gasteiger partial charge in [-0.15, -0.1) is 0 Å². The highest BCUT2D eigenvalue weighted by Crippen LogP contribution is 2.30. The molecule has 2 nitrogen and oxygen atoms in total. The van der Waals surface area contributed by atoms with Crippen LogP contribution < -0.4 is 10.6 Å². The van der Waals surface area contributed by atoms with Crippen molar-refractivity contribution in [2.24, 2.45) is 5.92 Å². The summed E-state index contributed by atoms with van der Waals surface area (Å²) in [6, 6.07) is 1.63. The van der Waals surface area contributed by atoms with Crippen molar-refractivity contribution in [3.8, 4) is 0 Å². The van der Waals surface area contributed by atoms with E-state index in [1.165, 1.54) is 38.6 Å². The minimum atomic E-state index is 0.802. The number of piperidine rings is 1. The van der Waals surface area contributed by atoms with E-state index in [0.717, 1.165) is 24.5 Å². The highest BCUT2D eigenvalue weighted by Gasteiger charge is 2.33. The zero-order valence-electron chi connectivity index (χ0n) is 8.68. The van der Waals surface area contributed by atoms with Crippen molar-refractivity contribution in [3.05, 3.63) is 0 Å². The zero-order chi connectivity index (χ0) is 9.10. The van der Waals surface area contributed by atoms with Crippen LogP contribution in [0.5, 0.6) is 0 Å². The van der Waals surface area contributed by atoms with Crippen LogP contribution in [0.3, 0.4) is 0 Å². The van der Waals surface area contributed by atoms with Crippen molar-refractivity contribution >= 4 is 0 Å². The molecule has 0 bridgehead atoms. The first-order valence-corrected chi connectivity index (χ1v) is 5.88. The maximum atomic E-state index is 3.67. The Morgan fingerprint density at radius 2 is 2.08 bits per heavy atom. The van der Waals surface area contributed by atoms with E-state index in [9.17, 15) is 0 Å². The third-order valence-electron chi connectivity index (χ3n) is 3.66. The van der Waals surface area contributed by atoms with E-state index in [2.05, 4.69) is 17.6 Å². The maximum absolute atomic E-state index is 3.67. The van der Waals surface area contributed by atoms with Crippen molar-refractivity contribution in [2.75, 3.05) is 13.1 Å². The number of hydrogen-bond acceptors (Lipinski definition) is 2. The van der Waals surface area contributed by atoms with Gasteiger partial charge in [0.1, 0.15) is 0 Å². The predicted molar refractivity (Wildman–Crippen MR) is 55.8 cm³/mol. The molecule has 2 fully saturated rings. The molecule has 2 rings (SSSR count). The lowest BCUT2D eigenvalue weighted by Crippen LogP contribution is -2.54. The Morgan fingerprint density at radius 1 is 1.23 bits per heavy atom. The summed E-state index contributed by atoms with van der Waals surface area (Å²) < 4.78 is 0. The second-order valence-corrected chi connectivity index (χ2v) is 4.46. The molecule has 0 amide bonds. The minimum absolute atomic E-state index is 0.802. The van der Waals surface area contributed by atoms with Gasteiger partial charge in [-0.05, 0) is 38.3 Å². The van der Waals surface area contributed by atoms with Crippen molar-refractivity contribution in [1.82, 2.24) is 10.6 Å². The molecule has 1 saturated heterocycles. The van der Waals surface area contributed by atoms with Crippen molar-refractivity contribution in [2.45, 2.75) is 51.1 Å². The van der Waals surface area contributed by atoms with Gasteiger partial charge < -0.3 is 10.6 Å². The first-order valence-electron chi connectivity index (χ1n) is 5.88. The van der Waals surface area contributed by atoms with Gasteiger partial charge in [0.25, 0.3) is 0 Å². The van der Waals surface area contributed by atoms with Gasteiger partial charge in [-0.2, -0.15) is 0 Å². The van der Waals surface area contributed by atoms with Gasteiger partial charge >= 0.3 is 0 Å². The number of hydrogen-bond donors (Lipinski definition) is 2. The monoisotopic (exact) mass is 182 g/mol. The Hall–Kier alpha value is -0.0800. The van der Waals surface area contributed by atoms with E-state index < -0.39 is 0 Å². The normalized spacial score (nSPS) is 39.9. The summed E-state index contributed by atoms with van der Waals surface area (Å²) in [7, 11) is 0. The van der Waals surface area contributed by atoms with Gasteiger partial charge in [-0.3, -0.25) is 0 Å². The number of rotatable bonds is 2. The fraction of sp³-hybridized carbons (Fsp3) is 1.00. The zero-order valence-corrected chi connectivity index (χ0v) is 8.68. The van der Waals surface area contributed by atoms with E-state index in [-0.39, 0.29) is 0 Å². The summed E-state index contributed by atoms with van der Waals surface area (Å²) in [4.78, 5) is 0. The van der Waals surface area contributed by atoms with Crippen LogP contribution in [0.15, 0.2) is 0 Å². The topological polar surface area (TPSA) is 24.1 Å². The summed E-state index contributed by atoms with van der Waals surface area (Å²) in [5, 5.41) is 7.31. The van der Waals surface area contributed by atoms with Crippen LogP contribution in [-0.4, -0.2) is 25.2 Å². The fourth-order valence-electron chi connectivity index (χ4n) is 3.05. The average molecular weight is 182 g/mol. The SMILES string of the molecule is CCNC1CCNC2CCCCC12. The summed E-state index contributed by atoms with van der Waals surface area (Å²) in [5.41, 5.74) is 0. The van der Waals surface area contributed by atoms with Gasteiger partial charge in [0.2, 0.25) is 0 Å². The molecule has 3 atom stereocenters. The second kappa shape index (κ2) is 4.43. The first-order chi connectivity index (χ1) is 6.42. The fourth-order valence-corrected chi connectivity index (χ4v) is 3.05. The van der Waals surface area contributed by atoms with E-state index in [4.69, 9.17) is 0 Å². The van der Waals surface area contributed by atoms with Gasteiger partial charge in [-0.25, -0.2) is 0 Å². The lowest BCUT2D eigenvalue weighted by molar-refractivity contribution is 0.163. The molecular formula is C11H22N2. The van der Waals surface area contributed by atoms with Crippen molar-refractivity contribution in [3.63, 3.8) is 0 Å². The lowest BCUT2D eigenvalue weighted by atomic mass is 9.76. The molecule has 76 valence electrons.